The van der Waals surface area contributed by atoms with Gasteiger partial charge in [0.1, 0.15) is 0 Å². The van der Waals surface area contributed by atoms with Crippen LogP contribution in [-0.4, -0.2) is 31.1 Å². The molecule has 1 aliphatic heterocycles. The Morgan fingerprint density at radius 2 is 1.83 bits per heavy atom. The minimum atomic E-state index is 0.508. The Hall–Kier alpha value is -0.860. The molecule has 1 saturated heterocycles. The Morgan fingerprint density at radius 3 is 2.44 bits per heavy atom. The summed E-state index contributed by atoms with van der Waals surface area (Å²) in [6.45, 7) is 9.29. The highest BCUT2D eigenvalue weighted by Crippen LogP contribution is 2.17. The Labute approximate surface area is 111 Å². The molecule has 1 N–H and O–H groups in total. The summed E-state index contributed by atoms with van der Waals surface area (Å²) in [5, 5.41) is 3.69. The molecule has 2 heteroatoms. The van der Waals surface area contributed by atoms with Crippen molar-refractivity contribution >= 4 is 0 Å². The van der Waals surface area contributed by atoms with Crippen molar-refractivity contribution in [1.29, 1.82) is 0 Å². The first-order valence-corrected chi connectivity index (χ1v) is 7.32. The molecule has 0 amide bonds. The van der Waals surface area contributed by atoms with E-state index in [1.807, 2.05) is 0 Å². The van der Waals surface area contributed by atoms with Crippen LogP contribution < -0.4 is 5.32 Å². The smallest absolute Gasteiger partial charge is 0.0318 e. The minimum Gasteiger partial charge on any atom is -0.309 e. The molecule has 2 nitrogen and oxygen atoms in total. The predicted molar refractivity (Wildman–Crippen MR) is 77.9 cm³/mol. The predicted octanol–water partition coefficient (Wildman–Crippen LogP) is 3.13. The first-order chi connectivity index (χ1) is 8.79. The van der Waals surface area contributed by atoms with E-state index < -0.39 is 0 Å². The summed E-state index contributed by atoms with van der Waals surface area (Å²) < 4.78 is 0. The molecule has 100 valence electrons. The van der Waals surface area contributed by atoms with E-state index in [9.17, 15) is 0 Å². The molecule has 2 rings (SSSR count). The molecule has 0 aromatic heterocycles. The maximum Gasteiger partial charge on any atom is 0.0318 e. The lowest BCUT2D eigenvalue weighted by Gasteiger charge is -2.20. The highest BCUT2D eigenvalue weighted by atomic mass is 15.2. The third-order valence-electron chi connectivity index (χ3n) is 3.91. The Kier molecular flexibility index (Phi) is 5.21. The van der Waals surface area contributed by atoms with Crippen LogP contribution >= 0.6 is 0 Å². The number of nitrogens with zero attached hydrogens (tertiary/aromatic N) is 1. The van der Waals surface area contributed by atoms with E-state index in [0.29, 0.717) is 6.04 Å². The zero-order chi connectivity index (χ0) is 12.8. The SMILES string of the molecule is CCC(NCCN1CCCC1)c1ccc(C)cc1. The van der Waals surface area contributed by atoms with Crippen molar-refractivity contribution < 1.29 is 0 Å². The van der Waals surface area contributed by atoms with Gasteiger partial charge in [-0.2, -0.15) is 0 Å². The summed E-state index contributed by atoms with van der Waals surface area (Å²) in [5.41, 5.74) is 2.76. The van der Waals surface area contributed by atoms with Gasteiger partial charge in [-0.3, -0.25) is 0 Å². The van der Waals surface area contributed by atoms with Crippen molar-refractivity contribution in [1.82, 2.24) is 10.2 Å². The summed E-state index contributed by atoms with van der Waals surface area (Å²) in [5.74, 6) is 0. The Bertz CT molecular complexity index is 339. The van der Waals surface area contributed by atoms with E-state index in [2.05, 4.69) is 48.3 Å². The average Bonchev–Trinajstić information content (AvgIpc) is 2.89. The van der Waals surface area contributed by atoms with Gasteiger partial charge < -0.3 is 10.2 Å². The molecular formula is C16H26N2. The molecule has 18 heavy (non-hydrogen) atoms. The van der Waals surface area contributed by atoms with Crippen LogP contribution in [0.2, 0.25) is 0 Å². The van der Waals surface area contributed by atoms with Crippen molar-refractivity contribution in [2.24, 2.45) is 0 Å². The number of aryl methyl sites for hydroxylation is 1. The number of nitrogens with one attached hydrogen (secondary N) is 1. The minimum absolute atomic E-state index is 0.508. The average molecular weight is 246 g/mol. The number of hydrogen-bond acceptors (Lipinski definition) is 2. The van der Waals surface area contributed by atoms with Crippen molar-refractivity contribution in [2.75, 3.05) is 26.2 Å². The maximum absolute atomic E-state index is 3.69. The monoisotopic (exact) mass is 246 g/mol. The molecule has 0 bridgehead atoms. The fourth-order valence-electron chi connectivity index (χ4n) is 2.70. The lowest BCUT2D eigenvalue weighted by molar-refractivity contribution is 0.326. The molecule has 0 aliphatic carbocycles. The van der Waals surface area contributed by atoms with E-state index in [1.165, 1.54) is 43.6 Å². The molecule has 1 fully saturated rings. The lowest BCUT2D eigenvalue weighted by atomic mass is 10.0. The summed E-state index contributed by atoms with van der Waals surface area (Å²) in [7, 11) is 0. The first kappa shape index (κ1) is 13.6. The number of likely N-dealkylation sites (tertiary alicyclic amines) is 1. The summed E-state index contributed by atoms with van der Waals surface area (Å²) in [6, 6.07) is 9.44. The quantitative estimate of drug-likeness (QED) is 0.829. The van der Waals surface area contributed by atoms with E-state index in [0.717, 1.165) is 13.0 Å². The summed E-state index contributed by atoms with van der Waals surface area (Å²) >= 11 is 0. The van der Waals surface area contributed by atoms with Crippen LogP contribution in [0.5, 0.6) is 0 Å². The van der Waals surface area contributed by atoms with Crippen LogP contribution in [0.15, 0.2) is 24.3 Å². The van der Waals surface area contributed by atoms with Crippen LogP contribution in [0.1, 0.15) is 43.4 Å². The van der Waals surface area contributed by atoms with Crippen molar-refractivity contribution in [2.45, 2.75) is 39.2 Å². The molecule has 1 aromatic carbocycles. The van der Waals surface area contributed by atoms with E-state index >= 15 is 0 Å². The Morgan fingerprint density at radius 1 is 1.17 bits per heavy atom. The van der Waals surface area contributed by atoms with Gasteiger partial charge in [0.25, 0.3) is 0 Å². The van der Waals surface area contributed by atoms with Gasteiger partial charge in [0.15, 0.2) is 0 Å². The summed E-state index contributed by atoms with van der Waals surface area (Å²) in [6.07, 6.45) is 3.92. The largest absolute Gasteiger partial charge is 0.309 e. The van der Waals surface area contributed by atoms with Gasteiger partial charge in [-0.25, -0.2) is 0 Å². The zero-order valence-corrected chi connectivity index (χ0v) is 11.8. The molecule has 1 aliphatic rings. The molecular weight excluding hydrogens is 220 g/mol. The van der Waals surface area contributed by atoms with Gasteiger partial charge in [-0.05, 0) is 44.8 Å². The number of rotatable bonds is 6. The van der Waals surface area contributed by atoms with Gasteiger partial charge in [0.05, 0.1) is 0 Å². The van der Waals surface area contributed by atoms with Gasteiger partial charge in [-0.1, -0.05) is 36.8 Å². The molecule has 1 heterocycles. The lowest BCUT2D eigenvalue weighted by Crippen LogP contribution is -2.32. The fraction of sp³-hybridized carbons (Fsp3) is 0.625. The number of benzene rings is 1. The number of hydrogen-bond donors (Lipinski definition) is 1. The molecule has 1 atom stereocenters. The second-order valence-corrected chi connectivity index (χ2v) is 5.37. The fourth-order valence-corrected chi connectivity index (χ4v) is 2.70. The first-order valence-electron chi connectivity index (χ1n) is 7.32. The van der Waals surface area contributed by atoms with Crippen molar-refractivity contribution in [3.63, 3.8) is 0 Å². The molecule has 0 saturated carbocycles. The highest BCUT2D eigenvalue weighted by Gasteiger charge is 2.12. The second kappa shape index (κ2) is 6.91. The molecule has 1 aromatic rings. The third-order valence-corrected chi connectivity index (χ3v) is 3.91. The maximum atomic E-state index is 3.69. The van der Waals surface area contributed by atoms with Crippen molar-refractivity contribution in [3.8, 4) is 0 Å². The normalized spacial score (nSPS) is 18.1. The highest BCUT2D eigenvalue weighted by molar-refractivity contribution is 5.24. The second-order valence-electron chi connectivity index (χ2n) is 5.37. The van der Waals surface area contributed by atoms with Crippen LogP contribution in [0, 0.1) is 6.92 Å². The van der Waals surface area contributed by atoms with Gasteiger partial charge >= 0.3 is 0 Å². The summed E-state index contributed by atoms with van der Waals surface area (Å²) in [4.78, 5) is 2.56. The standard InChI is InChI=1S/C16H26N2/c1-3-16(15-8-6-14(2)7-9-15)17-10-13-18-11-4-5-12-18/h6-9,16-17H,3-5,10-13H2,1-2H3. The Balaban J connectivity index is 1.79. The molecule has 0 spiro atoms. The van der Waals surface area contributed by atoms with Gasteiger partial charge in [-0.15, -0.1) is 0 Å². The van der Waals surface area contributed by atoms with Crippen LogP contribution in [0.3, 0.4) is 0 Å². The third kappa shape index (κ3) is 3.82. The van der Waals surface area contributed by atoms with Crippen LogP contribution in [-0.2, 0) is 0 Å². The zero-order valence-electron chi connectivity index (χ0n) is 11.8. The van der Waals surface area contributed by atoms with Gasteiger partial charge in [0, 0.05) is 19.1 Å². The van der Waals surface area contributed by atoms with Crippen molar-refractivity contribution in [3.05, 3.63) is 35.4 Å². The van der Waals surface area contributed by atoms with E-state index in [1.54, 1.807) is 0 Å². The molecule has 1 unspecified atom stereocenters. The topological polar surface area (TPSA) is 15.3 Å². The van der Waals surface area contributed by atoms with Gasteiger partial charge in [0.2, 0.25) is 0 Å². The van der Waals surface area contributed by atoms with E-state index in [4.69, 9.17) is 0 Å². The molecule has 0 radical (unpaired) electrons. The van der Waals surface area contributed by atoms with E-state index in [-0.39, 0.29) is 0 Å². The van der Waals surface area contributed by atoms with Crippen LogP contribution in [0.25, 0.3) is 0 Å². The van der Waals surface area contributed by atoms with Crippen LogP contribution in [0.4, 0.5) is 0 Å².